The number of pyridine rings is 1. The van der Waals surface area contributed by atoms with Crippen molar-refractivity contribution >= 4 is 0 Å². The van der Waals surface area contributed by atoms with Crippen molar-refractivity contribution in [2.24, 2.45) is 5.73 Å². The van der Waals surface area contributed by atoms with Crippen molar-refractivity contribution in [2.45, 2.75) is 6.42 Å². The van der Waals surface area contributed by atoms with Crippen molar-refractivity contribution in [1.82, 2.24) is 4.98 Å². The van der Waals surface area contributed by atoms with Gasteiger partial charge in [-0.2, -0.15) is 0 Å². The maximum absolute atomic E-state index is 5.17. The van der Waals surface area contributed by atoms with E-state index >= 15 is 0 Å². The molecule has 0 amide bonds. The molecule has 2 N–H and O–H groups in total. The quantitative estimate of drug-likeness (QED) is 0.657. The highest BCUT2D eigenvalue weighted by Gasteiger charge is 1.84. The number of nitrogens with zero attached hydrogens (tertiary/aromatic N) is 1. The highest BCUT2D eigenvalue weighted by atomic mass is 14.7. The molecule has 1 rings (SSSR count). The zero-order valence-corrected chi connectivity index (χ0v) is 5.70. The lowest BCUT2D eigenvalue weighted by atomic mass is 10.3. The van der Waals surface area contributed by atoms with Crippen LogP contribution in [-0.2, 0) is 6.42 Å². The summed E-state index contributed by atoms with van der Waals surface area (Å²) < 4.78 is 0. The van der Waals surface area contributed by atoms with E-state index in [1.165, 1.54) is 6.20 Å². The monoisotopic (exact) mass is 134 g/mol. The smallest absolute Gasteiger partial charge is 0.0441 e. The molecule has 2 heteroatoms. The lowest BCUT2D eigenvalue weighted by Gasteiger charge is -1.90. The lowest BCUT2D eigenvalue weighted by Crippen LogP contribution is -1.86. The van der Waals surface area contributed by atoms with E-state index in [4.69, 9.17) is 5.73 Å². The fourth-order valence-corrected chi connectivity index (χ4v) is 0.708. The minimum atomic E-state index is 0.817. The molecule has 0 spiro atoms. The van der Waals surface area contributed by atoms with E-state index in [9.17, 15) is 0 Å². The van der Waals surface area contributed by atoms with Gasteiger partial charge in [0.25, 0.3) is 0 Å². The standard InChI is InChI=1S/C8H10N2/c9-6-3-5-8-4-1-2-7-10-8/h1-4,6-7H,5,9H2. The number of hydrogen-bond acceptors (Lipinski definition) is 2. The molecule has 1 heterocycles. The van der Waals surface area contributed by atoms with Gasteiger partial charge in [0.15, 0.2) is 0 Å². The summed E-state index contributed by atoms with van der Waals surface area (Å²) in [6.07, 6.45) is 6.01. The fourth-order valence-electron chi connectivity index (χ4n) is 0.708. The molecule has 0 radical (unpaired) electrons. The Morgan fingerprint density at radius 1 is 1.50 bits per heavy atom. The van der Waals surface area contributed by atoms with Crippen LogP contribution < -0.4 is 5.73 Å². The van der Waals surface area contributed by atoms with Crippen molar-refractivity contribution in [1.29, 1.82) is 0 Å². The summed E-state index contributed by atoms with van der Waals surface area (Å²) in [5, 5.41) is 0. The molecule has 0 atom stereocenters. The van der Waals surface area contributed by atoms with Crippen molar-refractivity contribution in [3.05, 3.63) is 42.4 Å². The van der Waals surface area contributed by atoms with Crippen molar-refractivity contribution < 1.29 is 0 Å². The Morgan fingerprint density at radius 3 is 3.00 bits per heavy atom. The molecule has 0 aliphatic carbocycles. The Morgan fingerprint density at radius 2 is 2.40 bits per heavy atom. The molecule has 52 valence electrons. The highest BCUT2D eigenvalue weighted by Crippen LogP contribution is 1.93. The van der Waals surface area contributed by atoms with E-state index < -0.39 is 0 Å². The molecule has 0 fully saturated rings. The summed E-state index contributed by atoms with van der Waals surface area (Å²) in [4.78, 5) is 4.11. The second kappa shape index (κ2) is 3.67. The summed E-state index contributed by atoms with van der Waals surface area (Å²) in [7, 11) is 0. The van der Waals surface area contributed by atoms with Crippen LogP contribution in [0.1, 0.15) is 5.69 Å². The molecule has 0 aliphatic rings. The van der Waals surface area contributed by atoms with Crippen LogP contribution in [0, 0.1) is 0 Å². The van der Waals surface area contributed by atoms with Gasteiger partial charge in [-0.05, 0) is 18.3 Å². The molecule has 1 aromatic heterocycles. The normalized spacial score (nSPS) is 10.4. The van der Waals surface area contributed by atoms with Crippen LogP contribution in [0.3, 0.4) is 0 Å². The Balaban J connectivity index is 2.59. The minimum absolute atomic E-state index is 0.817. The van der Waals surface area contributed by atoms with Gasteiger partial charge in [-0.25, -0.2) is 0 Å². The van der Waals surface area contributed by atoms with E-state index in [2.05, 4.69) is 4.98 Å². The molecule has 10 heavy (non-hydrogen) atoms. The first-order chi connectivity index (χ1) is 4.93. The zero-order chi connectivity index (χ0) is 7.23. The van der Waals surface area contributed by atoms with Crippen molar-refractivity contribution in [3.63, 3.8) is 0 Å². The molecule has 1 aromatic rings. The second-order valence-corrected chi connectivity index (χ2v) is 1.95. The van der Waals surface area contributed by atoms with Crippen LogP contribution in [0.25, 0.3) is 0 Å². The minimum Gasteiger partial charge on any atom is -0.405 e. The van der Waals surface area contributed by atoms with E-state index in [1.807, 2.05) is 24.3 Å². The van der Waals surface area contributed by atoms with Crippen molar-refractivity contribution in [3.8, 4) is 0 Å². The summed E-state index contributed by atoms with van der Waals surface area (Å²) in [5.74, 6) is 0. The molecule has 0 saturated carbocycles. The summed E-state index contributed by atoms with van der Waals surface area (Å²) in [5.41, 5.74) is 6.21. The largest absolute Gasteiger partial charge is 0.405 e. The highest BCUT2D eigenvalue weighted by molar-refractivity contribution is 5.07. The van der Waals surface area contributed by atoms with Crippen LogP contribution in [0.15, 0.2) is 36.7 Å². The van der Waals surface area contributed by atoms with Gasteiger partial charge in [-0.3, -0.25) is 4.98 Å². The number of rotatable bonds is 2. The third-order valence-electron chi connectivity index (χ3n) is 1.19. The van der Waals surface area contributed by atoms with Crippen LogP contribution >= 0.6 is 0 Å². The molecule has 0 aliphatic heterocycles. The molecule has 0 saturated heterocycles. The molecule has 0 aromatic carbocycles. The average molecular weight is 134 g/mol. The maximum atomic E-state index is 5.17. The summed E-state index contributed by atoms with van der Waals surface area (Å²) >= 11 is 0. The maximum Gasteiger partial charge on any atom is 0.0441 e. The van der Waals surface area contributed by atoms with E-state index in [0.29, 0.717) is 0 Å². The Kier molecular flexibility index (Phi) is 2.49. The van der Waals surface area contributed by atoms with Gasteiger partial charge in [0.1, 0.15) is 0 Å². The van der Waals surface area contributed by atoms with Crippen LogP contribution in [-0.4, -0.2) is 4.98 Å². The predicted molar refractivity (Wildman–Crippen MR) is 41.3 cm³/mol. The van der Waals surface area contributed by atoms with Gasteiger partial charge < -0.3 is 5.73 Å². The topological polar surface area (TPSA) is 38.9 Å². The third-order valence-corrected chi connectivity index (χ3v) is 1.19. The number of nitrogens with two attached hydrogens (primary N) is 1. The number of allylic oxidation sites excluding steroid dienone is 1. The first-order valence-corrected chi connectivity index (χ1v) is 3.20. The van der Waals surface area contributed by atoms with E-state index in [1.54, 1.807) is 6.20 Å². The molecule has 2 nitrogen and oxygen atoms in total. The zero-order valence-electron chi connectivity index (χ0n) is 5.70. The summed E-state index contributed by atoms with van der Waals surface area (Å²) in [6, 6.07) is 5.84. The number of aromatic nitrogens is 1. The fraction of sp³-hybridized carbons (Fsp3) is 0.125. The summed E-state index contributed by atoms with van der Waals surface area (Å²) in [6.45, 7) is 0. The number of hydrogen-bond donors (Lipinski definition) is 1. The van der Waals surface area contributed by atoms with Gasteiger partial charge in [-0.1, -0.05) is 12.1 Å². The van der Waals surface area contributed by atoms with Crippen LogP contribution in [0.5, 0.6) is 0 Å². The Labute approximate surface area is 60.4 Å². The van der Waals surface area contributed by atoms with Gasteiger partial charge in [0.05, 0.1) is 0 Å². The molecular formula is C8H10N2. The van der Waals surface area contributed by atoms with Gasteiger partial charge in [-0.15, -0.1) is 0 Å². The molecule has 0 unspecified atom stereocenters. The SMILES string of the molecule is NC=CCc1ccccn1. The van der Waals surface area contributed by atoms with Gasteiger partial charge >= 0.3 is 0 Å². The van der Waals surface area contributed by atoms with E-state index in [-0.39, 0.29) is 0 Å². The van der Waals surface area contributed by atoms with Crippen LogP contribution in [0.2, 0.25) is 0 Å². The first-order valence-electron chi connectivity index (χ1n) is 3.20. The Hall–Kier alpha value is -1.31. The predicted octanol–water partition coefficient (Wildman–Crippen LogP) is 1.10. The van der Waals surface area contributed by atoms with Crippen molar-refractivity contribution in [2.75, 3.05) is 0 Å². The lowest BCUT2D eigenvalue weighted by molar-refractivity contribution is 1.11. The third kappa shape index (κ3) is 1.90. The second-order valence-electron chi connectivity index (χ2n) is 1.95. The van der Waals surface area contributed by atoms with E-state index in [0.717, 1.165) is 12.1 Å². The van der Waals surface area contributed by atoms with Gasteiger partial charge in [0.2, 0.25) is 0 Å². The van der Waals surface area contributed by atoms with Gasteiger partial charge in [0, 0.05) is 18.3 Å². The average Bonchev–Trinajstić information content (AvgIpc) is 2.03. The first kappa shape index (κ1) is 6.81. The molecule has 0 bridgehead atoms. The van der Waals surface area contributed by atoms with Crippen LogP contribution in [0.4, 0.5) is 0 Å². The Bertz CT molecular complexity index is 204. The molecular weight excluding hydrogens is 124 g/mol.